The van der Waals surface area contributed by atoms with Gasteiger partial charge in [0.25, 0.3) is 0 Å². The first-order valence-electron chi connectivity index (χ1n) is 6.19. The number of thiol groups is 1. The van der Waals surface area contributed by atoms with Gasteiger partial charge in [-0.3, -0.25) is 14.6 Å². The van der Waals surface area contributed by atoms with Crippen molar-refractivity contribution < 1.29 is 9.59 Å². The summed E-state index contributed by atoms with van der Waals surface area (Å²) in [5, 5.41) is 2.80. The van der Waals surface area contributed by atoms with E-state index in [0.29, 0.717) is 12.3 Å². The summed E-state index contributed by atoms with van der Waals surface area (Å²) in [6, 6.07) is 3.47. The Morgan fingerprint density at radius 1 is 1.52 bits per heavy atom. The molecule has 0 aromatic carbocycles. The second-order valence-corrected chi connectivity index (χ2v) is 5.01. The smallest absolute Gasteiger partial charge is 0.226 e. The van der Waals surface area contributed by atoms with Crippen molar-refractivity contribution in [3.63, 3.8) is 0 Å². The first-order chi connectivity index (χ1) is 9.15. The normalized spacial score (nSPS) is 20.5. The molecule has 118 valence electrons. The lowest BCUT2D eigenvalue weighted by Gasteiger charge is -2.24. The van der Waals surface area contributed by atoms with Gasteiger partial charge < -0.3 is 10.2 Å². The molecule has 5 nitrogen and oxygen atoms in total. The number of hydrogen-bond donors (Lipinski definition) is 2. The van der Waals surface area contributed by atoms with Gasteiger partial charge in [-0.2, -0.15) is 12.6 Å². The molecule has 1 aliphatic heterocycles. The lowest BCUT2D eigenvalue weighted by molar-refractivity contribution is -0.128. The maximum absolute atomic E-state index is 12.1. The molecule has 2 heterocycles. The molecule has 1 fully saturated rings. The molecule has 1 aromatic heterocycles. The molecule has 2 amide bonds. The van der Waals surface area contributed by atoms with E-state index in [1.54, 1.807) is 24.3 Å². The van der Waals surface area contributed by atoms with Crippen LogP contribution in [0.3, 0.4) is 0 Å². The first-order valence-corrected chi connectivity index (χ1v) is 6.82. The van der Waals surface area contributed by atoms with Crippen LogP contribution in [0, 0.1) is 5.92 Å². The Morgan fingerprint density at radius 3 is 2.81 bits per heavy atom. The largest absolute Gasteiger partial charge is 0.355 e. The second kappa shape index (κ2) is 8.67. The zero-order valence-corrected chi connectivity index (χ0v) is 11.6. The Morgan fingerprint density at radius 2 is 2.24 bits per heavy atom. The fourth-order valence-corrected chi connectivity index (χ4v) is 2.53. The zero-order chi connectivity index (χ0) is 13.8. The molecule has 0 spiro atoms. The topological polar surface area (TPSA) is 62.3 Å². The number of likely N-dealkylation sites (tertiary alicyclic amines) is 1. The highest BCUT2D eigenvalue weighted by atomic mass is 32.1. The quantitative estimate of drug-likeness (QED) is 0.835. The second-order valence-electron chi connectivity index (χ2n) is 4.56. The summed E-state index contributed by atoms with van der Waals surface area (Å²) in [7, 11) is 1.73. The van der Waals surface area contributed by atoms with E-state index in [0.717, 1.165) is 5.56 Å². The van der Waals surface area contributed by atoms with Gasteiger partial charge >= 0.3 is 0 Å². The van der Waals surface area contributed by atoms with E-state index < -0.39 is 0 Å². The molecule has 2 rings (SSSR count). The van der Waals surface area contributed by atoms with Crippen molar-refractivity contribution >= 4 is 24.4 Å². The summed E-state index contributed by atoms with van der Waals surface area (Å²) in [5.41, 5.74) is 0.891. The molecule has 0 saturated carbocycles. The molecule has 1 N–H and O–H groups in total. The van der Waals surface area contributed by atoms with Crippen molar-refractivity contribution in [2.75, 3.05) is 19.3 Å². The van der Waals surface area contributed by atoms with E-state index in [9.17, 15) is 9.59 Å². The van der Waals surface area contributed by atoms with E-state index in [1.165, 1.54) is 0 Å². The lowest BCUT2D eigenvalue weighted by Crippen LogP contribution is -2.35. The number of carbonyl (C=O) groups is 2. The molecule has 21 heavy (non-hydrogen) atoms. The molecule has 1 aromatic rings. The highest BCUT2D eigenvalue weighted by molar-refractivity contribution is 7.80. The molecule has 0 bridgehead atoms. The first kappa shape index (κ1) is 19.4. The molecular formula is C15H25N3O2S. The number of hydrogen-bond acceptors (Lipinski definition) is 4. The van der Waals surface area contributed by atoms with Gasteiger partial charge in [-0.15, -0.1) is 0 Å². The number of nitrogens with one attached hydrogen (secondary N) is 1. The van der Waals surface area contributed by atoms with Crippen molar-refractivity contribution in [2.45, 2.75) is 27.3 Å². The summed E-state index contributed by atoms with van der Waals surface area (Å²) in [6.07, 6.45) is 3.63. The van der Waals surface area contributed by atoms with Gasteiger partial charge in [0.1, 0.15) is 0 Å². The third kappa shape index (κ3) is 4.20. The highest BCUT2D eigenvalue weighted by Crippen LogP contribution is 2.36. The Hall–Kier alpha value is -1.56. The van der Waals surface area contributed by atoms with E-state index in [4.69, 9.17) is 0 Å². The molecule has 1 saturated heterocycles. The van der Waals surface area contributed by atoms with Crippen molar-refractivity contribution in [1.82, 2.24) is 15.2 Å². The van der Waals surface area contributed by atoms with Crippen LogP contribution >= 0.6 is 12.6 Å². The van der Waals surface area contributed by atoms with Gasteiger partial charge in [0.15, 0.2) is 0 Å². The van der Waals surface area contributed by atoms with Crippen molar-refractivity contribution in [1.29, 1.82) is 0 Å². The highest BCUT2D eigenvalue weighted by Gasteiger charge is 2.42. The summed E-state index contributed by atoms with van der Waals surface area (Å²) >= 11 is 4.06. The van der Waals surface area contributed by atoms with Crippen LogP contribution in [0.2, 0.25) is 0 Å². The van der Waals surface area contributed by atoms with Gasteiger partial charge in [-0.05, 0) is 11.6 Å². The third-order valence-corrected chi connectivity index (χ3v) is 3.58. The Labute approximate surface area is 132 Å². The minimum Gasteiger partial charge on any atom is -0.355 e. The van der Waals surface area contributed by atoms with Crippen molar-refractivity contribution in [3.05, 3.63) is 30.1 Å². The number of aromatic nitrogens is 1. The molecule has 2 unspecified atom stereocenters. The third-order valence-electron chi connectivity index (χ3n) is 3.36. The zero-order valence-electron chi connectivity index (χ0n) is 10.7. The minimum absolute atomic E-state index is 0. The fraction of sp³-hybridized carbons (Fsp3) is 0.533. The van der Waals surface area contributed by atoms with Gasteiger partial charge in [0, 0.05) is 38.2 Å². The maximum Gasteiger partial charge on any atom is 0.226 e. The molecular weight excluding hydrogens is 286 g/mol. The van der Waals surface area contributed by atoms with Crippen LogP contribution in [-0.4, -0.2) is 41.0 Å². The van der Waals surface area contributed by atoms with Crippen LogP contribution in [0.1, 0.15) is 32.9 Å². The monoisotopic (exact) mass is 311 g/mol. The van der Waals surface area contributed by atoms with Crippen LogP contribution in [-0.2, 0) is 9.59 Å². The summed E-state index contributed by atoms with van der Waals surface area (Å²) in [6.45, 7) is 0.510. The van der Waals surface area contributed by atoms with Crippen LogP contribution in [0.5, 0.6) is 0 Å². The SMILES string of the molecule is C.C.CN1C(=O)CC(C(=O)NCCS)C1c1cccnc1. The number of carbonyl (C=O) groups excluding carboxylic acids is 2. The standard InChI is InChI=1S/C13H17N3O2S.2CH4/c1-16-11(17)7-10(13(18)15-5-6-19)12(16)9-3-2-4-14-8-9;;/h2-4,8,10,12,19H,5-7H2,1H3,(H,15,18);2*1H4. The average Bonchev–Trinajstić information content (AvgIpc) is 2.73. The molecule has 0 aliphatic carbocycles. The van der Waals surface area contributed by atoms with E-state index in [1.807, 2.05) is 12.1 Å². The maximum atomic E-state index is 12.1. The summed E-state index contributed by atoms with van der Waals surface area (Å²) < 4.78 is 0. The van der Waals surface area contributed by atoms with E-state index in [-0.39, 0.29) is 45.0 Å². The number of nitrogens with zero attached hydrogens (tertiary/aromatic N) is 2. The average molecular weight is 311 g/mol. The summed E-state index contributed by atoms with van der Waals surface area (Å²) in [4.78, 5) is 29.7. The van der Waals surface area contributed by atoms with Crippen molar-refractivity contribution in [3.8, 4) is 0 Å². The lowest BCUT2D eigenvalue weighted by atomic mass is 9.94. The number of amides is 2. The van der Waals surface area contributed by atoms with Crippen LogP contribution in [0.4, 0.5) is 0 Å². The fourth-order valence-electron chi connectivity index (χ4n) is 2.42. The molecule has 0 radical (unpaired) electrons. The van der Waals surface area contributed by atoms with Crippen LogP contribution in [0.25, 0.3) is 0 Å². The molecule has 2 atom stereocenters. The van der Waals surface area contributed by atoms with Crippen LogP contribution < -0.4 is 5.32 Å². The molecule has 1 aliphatic rings. The minimum atomic E-state index is -0.360. The van der Waals surface area contributed by atoms with Gasteiger partial charge in [0.2, 0.25) is 11.8 Å². The van der Waals surface area contributed by atoms with Gasteiger partial charge in [-0.1, -0.05) is 20.9 Å². The molecule has 6 heteroatoms. The Balaban J connectivity index is 0.00000200. The number of pyridine rings is 1. The summed E-state index contributed by atoms with van der Waals surface area (Å²) in [5.74, 6) is 0.113. The predicted octanol–water partition coefficient (Wildman–Crippen LogP) is 1.92. The van der Waals surface area contributed by atoms with E-state index >= 15 is 0 Å². The van der Waals surface area contributed by atoms with Gasteiger partial charge in [0.05, 0.1) is 12.0 Å². The van der Waals surface area contributed by atoms with Gasteiger partial charge in [-0.25, -0.2) is 0 Å². The van der Waals surface area contributed by atoms with Crippen molar-refractivity contribution in [2.24, 2.45) is 5.92 Å². The van der Waals surface area contributed by atoms with Crippen LogP contribution in [0.15, 0.2) is 24.5 Å². The number of rotatable bonds is 4. The predicted molar refractivity (Wildman–Crippen MR) is 88.2 cm³/mol. The van der Waals surface area contributed by atoms with E-state index in [2.05, 4.69) is 22.9 Å². The Kier molecular flexibility index (Phi) is 8.02. The Bertz CT molecular complexity index is 467.